The number of likely N-dealkylation sites (tertiary alicyclic amines) is 2. The molecular weight excluding hydrogens is 374 g/mol. The van der Waals surface area contributed by atoms with Gasteiger partial charge in [0.05, 0.1) is 5.02 Å². The average Bonchev–Trinajstić information content (AvgIpc) is 3.14. The topological polar surface area (TPSA) is 53.5 Å². The van der Waals surface area contributed by atoms with Gasteiger partial charge in [0.1, 0.15) is 11.2 Å². The number of hydrogen-bond donors (Lipinski definition) is 0. The van der Waals surface area contributed by atoms with E-state index >= 15 is 0 Å². The Morgan fingerprint density at radius 3 is 2.54 bits per heavy atom. The van der Waals surface area contributed by atoms with Crippen LogP contribution in [0.4, 0.5) is 0 Å². The average molecular weight is 398 g/mol. The molecule has 1 aromatic heterocycles. The lowest BCUT2D eigenvalue weighted by Crippen LogP contribution is -2.61. The molecule has 1 spiro atoms. The zero-order valence-electron chi connectivity index (χ0n) is 15.8. The van der Waals surface area contributed by atoms with Gasteiger partial charge in [0.2, 0.25) is 5.91 Å². The molecule has 146 valence electrons. The summed E-state index contributed by atoms with van der Waals surface area (Å²) in [5.41, 5.74) is 0.854. The van der Waals surface area contributed by atoms with Crippen molar-refractivity contribution in [2.75, 3.05) is 19.6 Å². The fourth-order valence-corrected chi connectivity index (χ4v) is 4.60. The molecule has 1 atom stereocenters. The molecule has 28 heavy (non-hydrogen) atoms. The van der Waals surface area contributed by atoms with Gasteiger partial charge in [0.15, 0.2) is 0 Å². The smallest absolute Gasteiger partial charge is 0.273 e. The number of pyridine rings is 1. The van der Waals surface area contributed by atoms with Crippen molar-refractivity contribution in [3.8, 4) is 0 Å². The van der Waals surface area contributed by atoms with Crippen LogP contribution in [-0.4, -0.2) is 51.8 Å². The summed E-state index contributed by atoms with van der Waals surface area (Å²) in [5.74, 6) is -0.0816. The first kappa shape index (κ1) is 18.9. The van der Waals surface area contributed by atoms with Crippen molar-refractivity contribution < 1.29 is 9.59 Å². The van der Waals surface area contributed by atoms with Gasteiger partial charge in [-0.25, -0.2) is 4.98 Å². The van der Waals surface area contributed by atoms with E-state index in [1.165, 1.54) is 11.8 Å². The van der Waals surface area contributed by atoms with Crippen LogP contribution < -0.4 is 0 Å². The second-order valence-corrected chi connectivity index (χ2v) is 8.02. The maximum absolute atomic E-state index is 13.5. The molecule has 0 saturated carbocycles. The summed E-state index contributed by atoms with van der Waals surface area (Å²) in [6, 6.07) is 13.5. The fourth-order valence-electron chi connectivity index (χ4n) is 4.48. The molecule has 2 aliphatic heterocycles. The number of rotatable bonds is 4. The molecule has 1 aromatic carbocycles. The van der Waals surface area contributed by atoms with Crippen molar-refractivity contribution in [3.05, 3.63) is 64.9 Å². The third-order valence-corrected chi connectivity index (χ3v) is 6.12. The van der Waals surface area contributed by atoms with Crippen LogP contribution in [0.5, 0.6) is 0 Å². The Morgan fingerprint density at radius 2 is 1.82 bits per heavy atom. The maximum atomic E-state index is 13.5. The van der Waals surface area contributed by atoms with Gasteiger partial charge in [0, 0.05) is 25.8 Å². The first-order valence-electron chi connectivity index (χ1n) is 9.87. The van der Waals surface area contributed by atoms with Crippen LogP contribution in [0.2, 0.25) is 5.02 Å². The normalized spacial score (nSPS) is 22.1. The Kier molecular flexibility index (Phi) is 5.36. The summed E-state index contributed by atoms with van der Waals surface area (Å²) in [7, 11) is 0. The maximum Gasteiger partial charge on any atom is 0.273 e. The monoisotopic (exact) mass is 397 g/mol. The first-order chi connectivity index (χ1) is 13.6. The summed E-state index contributed by atoms with van der Waals surface area (Å²) in [5, 5.41) is 0.494. The van der Waals surface area contributed by atoms with Crippen LogP contribution >= 0.6 is 11.6 Å². The molecule has 2 aliphatic rings. The van der Waals surface area contributed by atoms with Crippen LogP contribution in [0.1, 0.15) is 41.7 Å². The first-order valence-corrected chi connectivity index (χ1v) is 10.2. The zero-order valence-corrected chi connectivity index (χ0v) is 16.6. The number of nitrogens with zero attached hydrogens (tertiary/aromatic N) is 3. The van der Waals surface area contributed by atoms with Crippen LogP contribution in [0.15, 0.2) is 48.7 Å². The number of hydrogen-bond acceptors (Lipinski definition) is 3. The lowest BCUT2D eigenvalue weighted by molar-refractivity contribution is -0.145. The predicted octanol–water partition coefficient (Wildman–Crippen LogP) is 3.57. The summed E-state index contributed by atoms with van der Waals surface area (Å²) in [6.07, 6.45) is 5.53. The second kappa shape index (κ2) is 7.92. The van der Waals surface area contributed by atoms with E-state index < -0.39 is 5.54 Å². The van der Waals surface area contributed by atoms with Crippen LogP contribution in [0, 0.1) is 0 Å². The summed E-state index contributed by atoms with van der Waals surface area (Å²) in [6.45, 7) is 2.04. The van der Waals surface area contributed by atoms with E-state index in [1.54, 1.807) is 17.0 Å². The lowest BCUT2D eigenvalue weighted by Gasteiger charge is -2.44. The standard InChI is InChI=1S/C22H24ClN3O2/c23-18-8-9-19(24-16-18)20(27)26-14-5-12-22(26)11-4-13-25(21(22)28)15-10-17-6-2-1-3-7-17/h1-3,6-9,16H,4-5,10-15H2. The molecule has 0 radical (unpaired) electrons. The highest BCUT2D eigenvalue weighted by molar-refractivity contribution is 6.30. The Morgan fingerprint density at radius 1 is 1.07 bits per heavy atom. The van der Waals surface area contributed by atoms with Crippen molar-refractivity contribution >= 4 is 23.4 Å². The number of halogens is 1. The zero-order chi connectivity index (χ0) is 19.6. The quantitative estimate of drug-likeness (QED) is 0.792. The molecule has 2 aromatic rings. The third kappa shape index (κ3) is 3.51. The minimum Gasteiger partial charge on any atom is -0.340 e. The number of carbonyl (C=O) groups is 2. The minimum absolute atomic E-state index is 0.0921. The van der Waals surface area contributed by atoms with Gasteiger partial charge >= 0.3 is 0 Å². The van der Waals surface area contributed by atoms with E-state index in [0.717, 1.165) is 38.6 Å². The van der Waals surface area contributed by atoms with Crippen molar-refractivity contribution in [1.82, 2.24) is 14.8 Å². The molecule has 0 aliphatic carbocycles. The summed E-state index contributed by atoms with van der Waals surface area (Å²) < 4.78 is 0. The highest BCUT2D eigenvalue weighted by Gasteiger charge is 2.52. The lowest BCUT2D eigenvalue weighted by atomic mass is 9.85. The number of carbonyl (C=O) groups excluding carboxylic acids is 2. The van der Waals surface area contributed by atoms with Crippen molar-refractivity contribution in [2.45, 2.75) is 37.6 Å². The molecule has 0 bridgehead atoms. The largest absolute Gasteiger partial charge is 0.340 e. The van der Waals surface area contributed by atoms with Crippen LogP contribution in [-0.2, 0) is 11.2 Å². The molecule has 0 N–H and O–H groups in total. The van der Waals surface area contributed by atoms with Crippen molar-refractivity contribution in [1.29, 1.82) is 0 Å². The van der Waals surface area contributed by atoms with E-state index in [-0.39, 0.29) is 11.8 Å². The minimum atomic E-state index is -0.715. The van der Waals surface area contributed by atoms with E-state index in [0.29, 0.717) is 23.8 Å². The molecule has 6 heteroatoms. The third-order valence-electron chi connectivity index (χ3n) is 5.90. The highest BCUT2D eigenvalue weighted by atomic mass is 35.5. The Bertz CT molecular complexity index is 856. The van der Waals surface area contributed by atoms with Gasteiger partial charge in [-0.2, -0.15) is 0 Å². The molecule has 2 saturated heterocycles. The Hall–Kier alpha value is -2.40. The summed E-state index contributed by atoms with van der Waals surface area (Å²) in [4.78, 5) is 34.5. The van der Waals surface area contributed by atoms with Crippen LogP contribution in [0.3, 0.4) is 0 Å². The van der Waals surface area contributed by atoms with Gasteiger partial charge in [-0.1, -0.05) is 41.9 Å². The van der Waals surface area contributed by atoms with E-state index in [4.69, 9.17) is 11.6 Å². The SMILES string of the molecule is O=C(c1ccc(Cl)cn1)N1CCCC12CCCN(CCc1ccccc1)C2=O. The van der Waals surface area contributed by atoms with E-state index in [1.807, 2.05) is 23.1 Å². The van der Waals surface area contributed by atoms with Crippen molar-refractivity contribution in [3.63, 3.8) is 0 Å². The predicted molar refractivity (Wildman–Crippen MR) is 108 cm³/mol. The fraction of sp³-hybridized carbons (Fsp3) is 0.409. The second-order valence-electron chi connectivity index (χ2n) is 7.58. The Labute approximate surface area is 170 Å². The summed E-state index contributed by atoms with van der Waals surface area (Å²) >= 11 is 5.90. The van der Waals surface area contributed by atoms with E-state index in [2.05, 4.69) is 17.1 Å². The molecule has 5 nitrogen and oxygen atoms in total. The Balaban J connectivity index is 1.52. The molecule has 2 fully saturated rings. The molecule has 4 rings (SSSR count). The van der Waals surface area contributed by atoms with Gasteiger partial charge in [-0.15, -0.1) is 0 Å². The number of aromatic nitrogens is 1. The molecular formula is C22H24ClN3O2. The van der Waals surface area contributed by atoms with Crippen LogP contribution in [0.25, 0.3) is 0 Å². The van der Waals surface area contributed by atoms with Gasteiger partial charge in [0.25, 0.3) is 5.91 Å². The molecule has 2 amide bonds. The van der Waals surface area contributed by atoms with Gasteiger partial charge < -0.3 is 9.80 Å². The van der Waals surface area contributed by atoms with E-state index in [9.17, 15) is 9.59 Å². The highest BCUT2D eigenvalue weighted by Crippen LogP contribution is 2.39. The number of amides is 2. The van der Waals surface area contributed by atoms with Crippen molar-refractivity contribution in [2.24, 2.45) is 0 Å². The number of benzene rings is 1. The molecule has 3 heterocycles. The molecule has 1 unspecified atom stereocenters. The van der Waals surface area contributed by atoms with Gasteiger partial charge in [-0.05, 0) is 49.8 Å². The number of piperidine rings is 1. The van der Waals surface area contributed by atoms with Gasteiger partial charge in [-0.3, -0.25) is 9.59 Å².